The molecule has 0 aromatic heterocycles. The van der Waals surface area contributed by atoms with Gasteiger partial charge >= 0.3 is 0 Å². The average Bonchev–Trinajstić information content (AvgIpc) is 2.52. The molecular formula is C17H19ClFNO2. The Kier molecular flexibility index (Phi) is 5.77. The molecule has 0 saturated heterocycles. The summed E-state index contributed by atoms with van der Waals surface area (Å²) in [5, 5.41) is 13.3. The number of benzene rings is 2. The Morgan fingerprint density at radius 1 is 1.27 bits per heavy atom. The monoisotopic (exact) mass is 323 g/mol. The molecule has 2 unspecified atom stereocenters. The number of rotatable bonds is 6. The van der Waals surface area contributed by atoms with Gasteiger partial charge in [-0.05, 0) is 42.3 Å². The van der Waals surface area contributed by atoms with E-state index in [4.69, 9.17) is 16.3 Å². The van der Waals surface area contributed by atoms with E-state index in [1.807, 2.05) is 31.2 Å². The van der Waals surface area contributed by atoms with Crippen molar-refractivity contribution in [3.8, 4) is 5.75 Å². The second-order valence-corrected chi connectivity index (χ2v) is 5.47. The highest BCUT2D eigenvalue weighted by Crippen LogP contribution is 2.27. The molecule has 2 rings (SSSR count). The Bertz CT molecular complexity index is 636. The molecule has 0 heterocycles. The van der Waals surface area contributed by atoms with Crippen molar-refractivity contribution >= 4 is 11.6 Å². The summed E-state index contributed by atoms with van der Waals surface area (Å²) >= 11 is 6.08. The highest BCUT2D eigenvalue weighted by molar-refractivity contribution is 6.31. The molecule has 0 aliphatic heterocycles. The van der Waals surface area contributed by atoms with Crippen LogP contribution in [0.1, 0.15) is 30.1 Å². The van der Waals surface area contributed by atoms with Crippen molar-refractivity contribution in [2.75, 3.05) is 13.7 Å². The topological polar surface area (TPSA) is 41.5 Å². The predicted molar refractivity (Wildman–Crippen MR) is 85.8 cm³/mol. The second kappa shape index (κ2) is 7.58. The highest BCUT2D eigenvalue weighted by atomic mass is 35.5. The van der Waals surface area contributed by atoms with E-state index in [1.165, 1.54) is 12.1 Å². The van der Waals surface area contributed by atoms with Crippen molar-refractivity contribution in [1.82, 2.24) is 5.32 Å². The Morgan fingerprint density at radius 3 is 2.68 bits per heavy atom. The van der Waals surface area contributed by atoms with E-state index in [-0.39, 0.29) is 24.5 Å². The van der Waals surface area contributed by atoms with Gasteiger partial charge in [0.05, 0.1) is 19.8 Å². The average molecular weight is 324 g/mol. The number of hydrogen-bond donors (Lipinski definition) is 2. The highest BCUT2D eigenvalue weighted by Gasteiger charge is 2.17. The lowest BCUT2D eigenvalue weighted by Crippen LogP contribution is -2.27. The smallest absolute Gasteiger partial charge is 0.124 e. The second-order valence-electron chi connectivity index (χ2n) is 5.07. The quantitative estimate of drug-likeness (QED) is 0.848. The Hall–Kier alpha value is -1.62. The molecule has 0 bridgehead atoms. The molecule has 0 fully saturated rings. The number of nitrogens with one attached hydrogen (secondary N) is 1. The molecule has 2 N–H and O–H groups in total. The summed E-state index contributed by atoms with van der Waals surface area (Å²) in [6, 6.07) is 11.4. The maximum atomic E-state index is 13.1. The summed E-state index contributed by atoms with van der Waals surface area (Å²) in [6.07, 6.45) is 0. The molecular weight excluding hydrogens is 305 g/mol. The number of hydrogen-bond acceptors (Lipinski definition) is 3. The maximum Gasteiger partial charge on any atom is 0.124 e. The molecule has 118 valence electrons. The van der Waals surface area contributed by atoms with Gasteiger partial charge in [0, 0.05) is 11.1 Å². The van der Waals surface area contributed by atoms with Crippen LogP contribution in [0.5, 0.6) is 5.75 Å². The molecule has 22 heavy (non-hydrogen) atoms. The van der Waals surface area contributed by atoms with Gasteiger partial charge < -0.3 is 15.2 Å². The zero-order chi connectivity index (χ0) is 16.1. The molecule has 2 atom stereocenters. The molecule has 0 radical (unpaired) electrons. The summed E-state index contributed by atoms with van der Waals surface area (Å²) in [7, 11) is 1.60. The summed E-state index contributed by atoms with van der Waals surface area (Å²) in [5.74, 6) is 0.359. The first kappa shape index (κ1) is 16.7. The van der Waals surface area contributed by atoms with Crippen molar-refractivity contribution in [1.29, 1.82) is 0 Å². The minimum atomic E-state index is -0.368. The normalized spacial score (nSPS) is 13.7. The number of methoxy groups -OCH3 is 1. The SMILES string of the molecule is COc1cccc(C(CO)NC(C)c2ccc(F)cc2Cl)c1. The summed E-state index contributed by atoms with van der Waals surface area (Å²) in [5.41, 5.74) is 1.69. The van der Waals surface area contributed by atoms with Gasteiger partial charge in [-0.25, -0.2) is 4.39 Å². The minimum absolute atomic E-state index is 0.0731. The van der Waals surface area contributed by atoms with Crippen LogP contribution in [0.15, 0.2) is 42.5 Å². The van der Waals surface area contributed by atoms with Crippen LogP contribution in [0.2, 0.25) is 5.02 Å². The first-order valence-electron chi connectivity index (χ1n) is 7.01. The van der Waals surface area contributed by atoms with Crippen LogP contribution >= 0.6 is 11.6 Å². The van der Waals surface area contributed by atoms with E-state index >= 15 is 0 Å². The lowest BCUT2D eigenvalue weighted by Gasteiger charge is -2.23. The van der Waals surface area contributed by atoms with Crippen LogP contribution in [0, 0.1) is 5.82 Å². The predicted octanol–water partition coefficient (Wildman–Crippen LogP) is 3.87. The summed E-state index contributed by atoms with van der Waals surface area (Å²) < 4.78 is 18.3. The van der Waals surface area contributed by atoms with Crippen molar-refractivity contribution in [2.24, 2.45) is 0 Å². The van der Waals surface area contributed by atoms with Crippen molar-refractivity contribution < 1.29 is 14.2 Å². The lowest BCUT2D eigenvalue weighted by atomic mass is 10.0. The van der Waals surface area contributed by atoms with Crippen molar-refractivity contribution in [3.63, 3.8) is 0 Å². The number of aliphatic hydroxyl groups is 1. The maximum absolute atomic E-state index is 13.1. The van der Waals surface area contributed by atoms with Gasteiger partial charge in [0.25, 0.3) is 0 Å². The van der Waals surface area contributed by atoms with Gasteiger partial charge in [0.1, 0.15) is 11.6 Å². The molecule has 0 spiro atoms. The third-order valence-corrected chi connectivity index (χ3v) is 3.89. The van der Waals surface area contributed by atoms with Gasteiger partial charge in [-0.2, -0.15) is 0 Å². The fourth-order valence-electron chi connectivity index (χ4n) is 2.36. The van der Waals surface area contributed by atoms with Gasteiger partial charge in [-0.15, -0.1) is 0 Å². The van der Waals surface area contributed by atoms with E-state index in [9.17, 15) is 9.50 Å². The molecule has 0 aliphatic carbocycles. The van der Waals surface area contributed by atoms with E-state index in [2.05, 4.69) is 5.32 Å². The van der Waals surface area contributed by atoms with E-state index < -0.39 is 0 Å². The molecule has 2 aromatic carbocycles. The Balaban J connectivity index is 2.18. The lowest BCUT2D eigenvalue weighted by molar-refractivity contribution is 0.235. The molecule has 0 saturated carbocycles. The van der Waals surface area contributed by atoms with Crippen LogP contribution in [0.4, 0.5) is 4.39 Å². The van der Waals surface area contributed by atoms with Crippen molar-refractivity contribution in [2.45, 2.75) is 19.0 Å². The van der Waals surface area contributed by atoms with Gasteiger partial charge in [0.2, 0.25) is 0 Å². The summed E-state index contributed by atoms with van der Waals surface area (Å²) in [4.78, 5) is 0. The number of halogens is 2. The number of aliphatic hydroxyl groups excluding tert-OH is 1. The van der Waals surface area contributed by atoms with E-state index in [0.717, 1.165) is 16.9 Å². The van der Waals surface area contributed by atoms with Crippen molar-refractivity contribution in [3.05, 3.63) is 64.4 Å². The fourth-order valence-corrected chi connectivity index (χ4v) is 2.69. The zero-order valence-electron chi connectivity index (χ0n) is 12.5. The first-order chi connectivity index (χ1) is 10.5. The van der Waals surface area contributed by atoms with Crippen LogP contribution in [-0.4, -0.2) is 18.8 Å². The standard InChI is InChI=1S/C17H19ClFNO2/c1-11(15-7-6-13(19)9-16(15)18)20-17(10-21)12-4-3-5-14(8-12)22-2/h3-9,11,17,20-21H,10H2,1-2H3. The number of ether oxygens (including phenoxy) is 1. The van der Waals surface area contributed by atoms with Crippen LogP contribution in [0.25, 0.3) is 0 Å². The molecule has 0 amide bonds. The molecule has 3 nitrogen and oxygen atoms in total. The third-order valence-electron chi connectivity index (χ3n) is 3.56. The zero-order valence-corrected chi connectivity index (χ0v) is 13.3. The van der Waals surface area contributed by atoms with Crippen LogP contribution in [0.3, 0.4) is 0 Å². The van der Waals surface area contributed by atoms with Gasteiger partial charge in [0.15, 0.2) is 0 Å². The Morgan fingerprint density at radius 2 is 2.05 bits per heavy atom. The molecule has 5 heteroatoms. The van der Waals surface area contributed by atoms with Gasteiger partial charge in [-0.3, -0.25) is 0 Å². The van der Waals surface area contributed by atoms with Crippen LogP contribution in [-0.2, 0) is 0 Å². The van der Waals surface area contributed by atoms with Gasteiger partial charge in [-0.1, -0.05) is 29.8 Å². The van der Waals surface area contributed by atoms with Crippen LogP contribution < -0.4 is 10.1 Å². The largest absolute Gasteiger partial charge is 0.497 e. The fraction of sp³-hybridized carbons (Fsp3) is 0.294. The summed E-state index contributed by atoms with van der Waals surface area (Å²) in [6.45, 7) is 1.85. The molecule has 0 aliphatic rings. The van der Waals surface area contributed by atoms with E-state index in [1.54, 1.807) is 13.2 Å². The first-order valence-corrected chi connectivity index (χ1v) is 7.38. The Labute approximate surface area is 134 Å². The van der Waals surface area contributed by atoms with E-state index in [0.29, 0.717) is 5.02 Å². The third kappa shape index (κ3) is 3.97. The molecule has 2 aromatic rings. The minimum Gasteiger partial charge on any atom is -0.497 e.